The third kappa shape index (κ3) is 2.86. The molecule has 0 aromatic heterocycles. The second kappa shape index (κ2) is 7.31. The zero-order chi connectivity index (χ0) is 19.8. The third-order valence-corrected chi connectivity index (χ3v) is 5.99. The molecule has 1 atom stereocenters. The maximum absolute atomic E-state index is 12.9. The average Bonchev–Trinajstić information content (AvgIpc) is 2.71. The van der Waals surface area contributed by atoms with Crippen LogP contribution >= 0.6 is 11.8 Å². The molecule has 2 aliphatic heterocycles. The van der Waals surface area contributed by atoms with E-state index in [1.54, 1.807) is 18.9 Å². The summed E-state index contributed by atoms with van der Waals surface area (Å²) in [7, 11) is 2.93. The summed E-state index contributed by atoms with van der Waals surface area (Å²) in [5, 5.41) is 2.54. The minimum Gasteiger partial charge on any atom is -0.496 e. The molecule has 1 fully saturated rings. The molecule has 2 aliphatic rings. The summed E-state index contributed by atoms with van der Waals surface area (Å²) in [6.45, 7) is 1.78. The van der Waals surface area contributed by atoms with E-state index in [9.17, 15) is 9.59 Å². The van der Waals surface area contributed by atoms with Gasteiger partial charge in [-0.25, -0.2) is 9.79 Å². The molecule has 2 heterocycles. The number of allylic oxidation sites excluding steroid dienone is 1. The second-order valence-electron chi connectivity index (χ2n) is 6.55. The van der Waals surface area contributed by atoms with Crippen molar-refractivity contribution < 1.29 is 19.1 Å². The Morgan fingerprint density at radius 2 is 2.00 bits per heavy atom. The fourth-order valence-corrected chi connectivity index (χ4v) is 4.78. The number of rotatable bonds is 3. The van der Waals surface area contributed by atoms with Gasteiger partial charge in [-0.15, -0.1) is 0 Å². The molecule has 4 rings (SSSR count). The molecule has 0 aliphatic carbocycles. The standard InChI is InChI=1S/C21H20N2O4S/c1-12-17(20(25)27-3)19(23-16(24)10-11-28-21(23)22-12)18-14-7-5-4-6-13(14)8-9-15(18)26-2/h4-9,19H,10-11H2,1-3H3/t19-/m1/s1. The van der Waals surface area contributed by atoms with Crippen molar-refractivity contribution in [2.45, 2.75) is 19.4 Å². The van der Waals surface area contributed by atoms with E-state index < -0.39 is 12.0 Å². The summed E-state index contributed by atoms with van der Waals surface area (Å²) in [6, 6.07) is 11.1. The number of aliphatic imine (C=N–C) groups is 1. The van der Waals surface area contributed by atoms with Gasteiger partial charge in [-0.1, -0.05) is 42.1 Å². The summed E-state index contributed by atoms with van der Waals surface area (Å²) >= 11 is 1.52. The number of fused-ring (bicyclic) bond motifs is 2. The van der Waals surface area contributed by atoms with Gasteiger partial charge < -0.3 is 9.47 Å². The molecule has 0 bridgehead atoms. The minimum atomic E-state index is -0.652. The van der Waals surface area contributed by atoms with Crippen LogP contribution in [0.5, 0.6) is 5.75 Å². The maximum Gasteiger partial charge on any atom is 0.338 e. The van der Waals surface area contributed by atoms with Crippen molar-refractivity contribution in [3.63, 3.8) is 0 Å². The van der Waals surface area contributed by atoms with Crippen LogP contribution in [0.25, 0.3) is 10.8 Å². The minimum absolute atomic E-state index is 0.0635. The molecule has 0 radical (unpaired) electrons. The number of carbonyl (C=O) groups is 2. The van der Waals surface area contributed by atoms with Crippen molar-refractivity contribution in [2.24, 2.45) is 4.99 Å². The van der Waals surface area contributed by atoms with Crippen LogP contribution in [-0.2, 0) is 14.3 Å². The quantitative estimate of drug-likeness (QED) is 0.741. The number of benzene rings is 2. The lowest BCUT2D eigenvalue weighted by atomic mass is 9.89. The van der Waals surface area contributed by atoms with Gasteiger partial charge in [0.15, 0.2) is 5.17 Å². The van der Waals surface area contributed by atoms with Crippen molar-refractivity contribution in [3.8, 4) is 5.75 Å². The van der Waals surface area contributed by atoms with Gasteiger partial charge in [0.05, 0.1) is 25.5 Å². The highest BCUT2D eigenvalue weighted by Crippen LogP contribution is 2.45. The molecule has 7 heteroatoms. The van der Waals surface area contributed by atoms with Crippen LogP contribution in [0, 0.1) is 0 Å². The van der Waals surface area contributed by atoms with Crippen molar-refractivity contribution in [3.05, 3.63) is 53.2 Å². The first-order chi connectivity index (χ1) is 13.6. The SMILES string of the molecule is COC(=O)C1=C(C)N=C2SCCC(=O)N2[C@H]1c1c(OC)ccc2ccccc12. The number of thioether (sulfide) groups is 1. The zero-order valence-corrected chi connectivity index (χ0v) is 16.7. The lowest BCUT2D eigenvalue weighted by molar-refractivity contribution is -0.137. The first kappa shape index (κ1) is 18.6. The Morgan fingerprint density at radius 3 is 2.75 bits per heavy atom. The molecule has 1 saturated heterocycles. The van der Waals surface area contributed by atoms with Gasteiger partial charge in [0.25, 0.3) is 0 Å². The first-order valence-corrected chi connectivity index (χ1v) is 9.93. The molecular formula is C21H20N2O4S. The van der Waals surface area contributed by atoms with Gasteiger partial charge in [-0.2, -0.15) is 0 Å². The number of ether oxygens (including phenoxy) is 2. The maximum atomic E-state index is 12.9. The number of esters is 1. The van der Waals surface area contributed by atoms with E-state index >= 15 is 0 Å². The highest BCUT2D eigenvalue weighted by Gasteiger charge is 2.43. The van der Waals surface area contributed by atoms with Crippen LogP contribution < -0.4 is 4.74 Å². The molecule has 144 valence electrons. The van der Waals surface area contributed by atoms with Gasteiger partial charge in [-0.3, -0.25) is 9.69 Å². The molecule has 0 spiro atoms. The largest absolute Gasteiger partial charge is 0.496 e. The van der Waals surface area contributed by atoms with Crippen LogP contribution in [0.1, 0.15) is 24.9 Å². The van der Waals surface area contributed by atoms with Gasteiger partial charge in [-0.05, 0) is 23.8 Å². The molecule has 1 amide bonds. The Morgan fingerprint density at radius 1 is 1.21 bits per heavy atom. The van der Waals surface area contributed by atoms with Crippen molar-refractivity contribution in [1.82, 2.24) is 4.90 Å². The van der Waals surface area contributed by atoms with Crippen LogP contribution in [0.2, 0.25) is 0 Å². The van der Waals surface area contributed by atoms with E-state index in [0.717, 1.165) is 16.3 Å². The number of hydrogen-bond donors (Lipinski definition) is 0. The molecular weight excluding hydrogens is 376 g/mol. The Balaban J connectivity index is 2.05. The number of methoxy groups -OCH3 is 2. The zero-order valence-electron chi connectivity index (χ0n) is 15.9. The number of amidine groups is 1. The van der Waals surface area contributed by atoms with E-state index in [2.05, 4.69) is 4.99 Å². The summed E-state index contributed by atoms with van der Waals surface area (Å²) in [5.41, 5.74) is 1.68. The summed E-state index contributed by atoms with van der Waals surface area (Å²) in [5.74, 6) is 0.728. The van der Waals surface area contributed by atoms with E-state index in [1.165, 1.54) is 18.9 Å². The smallest absolute Gasteiger partial charge is 0.338 e. The fourth-order valence-electron chi connectivity index (χ4n) is 3.78. The lowest BCUT2D eigenvalue weighted by Crippen LogP contribution is -2.46. The number of amides is 1. The van der Waals surface area contributed by atoms with Crippen LogP contribution in [-0.4, -0.2) is 41.9 Å². The number of nitrogens with zero attached hydrogens (tertiary/aromatic N) is 2. The van der Waals surface area contributed by atoms with Gasteiger partial charge in [0.1, 0.15) is 11.8 Å². The first-order valence-electron chi connectivity index (χ1n) is 8.95. The van der Waals surface area contributed by atoms with E-state index in [4.69, 9.17) is 9.47 Å². The highest BCUT2D eigenvalue weighted by molar-refractivity contribution is 8.14. The predicted octanol–water partition coefficient (Wildman–Crippen LogP) is 3.67. The Bertz CT molecular complexity index is 1040. The molecule has 0 saturated carbocycles. The summed E-state index contributed by atoms with van der Waals surface area (Å²) in [4.78, 5) is 31.8. The molecule has 0 unspecified atom stereocenters. The fraction of sp³-hybridized carbons (Fsp3) is 0.286. The summed E-state index contributed by atoms with van der Waals surface area (Å²) < 4.78 is 10.7. The van der Waals surface area contributed by atoms with E-state index in [-0.39, 0.29) is 5.91 Å². The molecule has 2 aromatic rings. The Labute approximate surface area is 167 Å². The molecule has 0 N–H and O–H groups in total. The highest BCUT2D eigenvalue weighted by atomic mass is 32.2. The Hall–Kier alpha value is -2.80. The normalized spacial score (nSPS) is 19.4. The predicted molar refractivity (Wildman–Crippen MR) is 109 cm³/mol. The molecule has 28 heavy (non-hydrogen) atoms. The van der Waals surface area contributed by atoms with Gasteiger partial charge in [0.2, 0.25) is 5.91 Å². The van der Waals surface area contributed by atoms with Crippen molar-refractivity contribution >= 4 is 39.6 Å². The topological polar surface area (TPSA) is 68.2 Å². The van der Waals surface area contributed by atoms with E-state index in [1.807, 2.05) is 36.4 Å². The van der Waals surface area contributed by atoms with Crippen molar-refractivity contribution in [1.29, 1.82) is 0 Å². The van der Waals surface area contributed by atoms with E-state index in [0.29, 0.717) is 34.4 Å². The summed E-state index contributed by atoms with van der Waals surface area (Å²) in [6.07, 6.45) is 0.390. The average molecular weight is 396 g/mol. The number of hydrogen-bond acceptors (Lipinski definition) is 6. The van der Waals surface area contributed by atoms with Gasteiger partial charge in [0, 0.05) is 17.7 Å². The monoisotopic (exact) mass is 396 g/mol. The Kier molecular flexibility index (Phi) is 4.85. The second-order valence-corrected chi connectivity index (χ2v) is 7.61. The lowest BCUT2D eigenvalue weighted by Gasteiger charge is -2.39. The van der Waals surface area contributed by atoms with Crippen LogP contribution in [0.4, 0.5) is 0 Å². The van der Waals surface area contributed by atoms with Gasteiger partial charge >= 0.3 is 5.97 Å². The number of carbonyl (C=O) groups excluding carboxylic acids is 2. The van der Waals surface area contributed by atoms with Crippen LogP contribution in [0.15, 0.2) is 52.7 Å². The molecule has 6 nitrogen and oxygen atoms in total. The third-order valence-electron chi connectivity index (χ3n) is 5.04. The van der Waals surface area contributed by atoms with Crippen molar-refractivity contribution in [2.75, 3.05) is 20.0 Å². The molecule has 2 aromatic carbocycles. The van der Waals surface area contributed by atoms with Crippen LogP contribution in [0.3, 0.4) is 0 Å².